The normalized spacial score (nSPS) is 18.2. The minimum Gasteiger partial charge on any atom is -0.293 e. The number of aryl methyl sites for hydroxylation is 2. The van der Waals surface area contributed by atoms with Crippen LogP contribution in [0, 0.1) is 30.6 Å². The Morgan fingerprint density at radius 2 is 1.68 bits per heavy atom. The van der Waals surface area contributed by atoms with Crippen LogP contribution in [-0.2, 0) is 4.79 Å². The zero-order chi connectivity index (χ0) is 27.3. The van der Waals surface area contributed by atoms with Crippen molar-refractivity contribution in [3.63, 3.8) is 0 Å². The highest BCUT2D eigenvalue weighted by atomic mass is 79.9. The number of hydrogen-bond acceptors (Lipinski definition) is 7. The molecule has 3 aromatic heterocycles. The Balaban J connectivity index is 1.60. The number of rotatable bonds is 9. The summed E-state index contributed by atoms with van der Waals surface area (Å²) in [5, 5.41) is 0. The van der Waals surface area contributed by atoms with Crippen LogP contribution in [0.15, 0.2) is 31.0 Å². The maximum absolute atomic E-state index is 14.4. The molecule has 200 valence electrons. The smallest absolute Gasteiger partial charge is 0.290 e. The van der Waals surface area contributed by atoms with Crippen LogP contribution >= 0.6 is 66.3 Å². The van der Waals surface area contributed by atoms with Crippen molar-refractivity contribution in [2.24, 2.45) is 11.8 Å². The lowest BCUT2D eigenvalue weighted by atomic mass is 9.79. The standard InChI is InChI=1S/C28H30Br2N3O2S3/c1-13(2)7-6-8-14(3)9-10-17-20-22(25(33(17)35)19-12-16(5)28(30)37-19)24-23(31-38-32-24)21(26(20)34)18-11-15(4)27(29)36-18/h11-14,21H,6-10H2,1-5H3/q+1. The van der Waals surface area contributed by atoms with Crippen molar-refractivity contribution >= 4 is 83.3 Å². The van der Waals surface area contributed by atoms with Crippen LogP contribution in [0.25, 0.3) is 11.3 Å². The second-order valence-corrected chi connectivity index (χ2v) is 16.1. The van der Waals surface area contributed by atoms with E-state index in [1.165, 1.54) is 24.2 Å². The van der Waals surface area contributed by atoms with Crippen molar-refractivity contribution in [2.75, 3.05) is 0 Å². The number of aromatic nitrogens is 2. The number of thiophene rings is 2. The number of allylic oxidation sites excluding steroid dienone is 3. The molecule has 0 aromatic carbocycles. The summed E-state index contributed by atoms with van der Waals surface area (Å²) in [4.78, 5) is 30.2. The number of hydrogen-bond donors (Lipinski definition) is 0. The zero-order valence-corrected chi connectivity index (χ0v) is 27.7. The van der Waals surface area contributed by atoms with Gasteiger partial charge in [0.1, 0.15) is 22.1 Å². The molecule has 0 saturated carbocycles. The summed E-state index contributed by atoms with van der Waals surface area (Å²) in [5.41, 5.74) is 5.80. The first kappa shape index (κ1) is 28.2. The largest absolute Gasteiger partial charge is 0.293 e. The van der Waals surface area contributed by atoms with Crippen molar-refractivity contribution in [3.8, 4) is 0 Å². The Hall–Kier alpha value is -1.33. The molecular formula is C28H30Br2N3O2S3+. The quantitative estimate of drug-likeness (QED) is 0.209. The van der Waals surface area contributed by atoms with Crippen LogP contribution in [0.5, 0.6) is 0 Å². The predicted molar refractivity (Wildman–Crippen MR) is 165 cm³/mol. The molecule has 1 aliphatic heterocycles. The number of ketones is 1. The van der Waals surface area contributed by atoms with Crippen LogP contribution in [0.3, 0.4) is 0 Å². The lowest BCUT2D eigenvalue weighted by Gasteiger charge is -2.20. The molecule has 0 fully saturated rings. The topological polar surface area (TPSA) is 62.9 Å². The van der Waals surface area contributed by atoms with Crippen molar-refractivity contribution in [1.29, 1.82) is 0 Å². The second-order valence-electron chi connectivity index (χ2n) is 10.8. The summed E-state index contributed by atoms with van der Waals surface area (Å²) in [5.74, 6) is 0.587. The number of Topliss-reactive ketones (excluding diaryl/α,β-unsaturated/α-hetero) is 1. The van der Waals surface area contributed by atoms with E-state index in [2.05, 4.69) is 67.4 Å². The molecule has 5 rings (SSSR count). The SMILES string of the molecule is Cc1cc(C2=C3C(=C(CCC(C)CCCC(C)C)[N+]2=O)C(=O)C(c2cc(C)c(Br)s2)c2nsnc23)sc1Br. The molecule has 2 atom stereocenters. The lowest BCUT2D eigenvalue weighted by molar-refractivity contribution is -0.397. The van der Waals surface area contributed by atoms with Gasteiger partial charge in [0.2, 0.25) is 0 Å². The van der Waals surface area contributed by atoms with Gasteiger partial charge in [-0.25, -0.2) is 0 Å². The molecule has 0 bridgehead atoms. The van der Waals surface area contributed by atoms with E-state index in [0.29, 0.717) is 52.2 Å². The molecular weight excluding hydrogens is 666 g/mol. The fraction of sp³-hybridized carbons (Fsp3) is 0.464. The second kappa shape index (κ2) is 11.3. The third kappa shape index (κ3) is 5.11. The average molecular weight is 697 g/mol. The minimum atomic E-state index is -0.541. The molecule has 0 N–H and O–H groups in total. The van der Waals surface area contributed by atoms with Crippen LogP contribution in [0.1, 0.15) is 91.1 Å². The van der Waals surface area contributed by atoms with Gasteiger partial charge in [-0.05, 0) is 87.2 Å². The highest BCUT2D eigenvalue weighted by Crippen LogP contribution is 2.53. The van der Waals surface area contributed by atoms with Crippen molar-refractivity contribution in [2.45, 2.75) is 72.6 Å². The highest BCUT2D eigenvalue weighted by Gasteiger charge is 2.53. The summed E-state index contributed by atoms with van der Waals surface area (Å²) in [6.07, 6.45) is 4.96. The number of carbonyl (C=O) groups excluding carboxylic acids is 1. The van der Waals surface area contributed by atoms with Gasteiger partial charge >= 0.3 is 0 Å². The van der Waals surface area contributed by atoms with Crippen molar-refractivity contribution in [3.05, 3.63) is 68.2 Å². The maximum Gasteiger partial charge on any atom is 0.290 e. The van der Waals surface area contributed by atoms with Crippen LogP contribution in [0.4, 0.5) is 0 Å². The van der Waals surface area contributed by atoms with Gasteiger partial charge in [-0.1, -0.05) is 40.0 Å². The summed E-state index contributed by atoms with van der Waals surface area (Å²) in [6.45, 7) is 10.8. The molecule has 2 aliphatic rings. The maximum atomic E-state index is 14.4. The van der Waals surface area contributed by atoms with E-state index >= 15 is 0 Å². The number of halogens is 2. The van der Waals surface area contributed by atoms with Gasteiger partial charge in [-0.2, -0.15) is 8.75 Å². The van der Waals surface area contributed by atoms with E-state index in [4.69, 9.17) is 0 Å². The Morgan fingerprint density at radius 1 is 0.974 bits per heavy atom. The van der Waals surface area contributed by atoms with Gasteiger partial charge in [0.25, 0.3) is 11.4 Å². The molecule has 0 saturated heterocycles. The minimum absolute atomic E-state index is 0.0420. The number of nitroso groups, excluding NO2 is 1. The van der Waals surface area contributed by atoms with Gasteiger partial charge < -0.3 is 0 Å². The molecule has 5 nitrogen and oxygen atoms in total. The molecule has 0 amide bonds. The molecule has 1 aliphatic carbocycles. The van der Waals surface area contributed by atoms with E-state index in [1.54, 1.807) is 11.3 Å². The van der Waals surface area contributed by atoms with Crippen LogP contribution in [-0.4, -0.2) is 19.3 Å². The van der Waals surface area contributed by atoms with Crippen LogP contribution in [0.2, 0.25) is 0 Å². The molecule has 4 heterocycles. The Morgan fingerprint density at radius 3 is 2.32 bits per heavy atom. The number of fused-ring (bicyclic) bond motifs is 3. The van der Waals surface area contributed by atoms with Crippen LogP contribution < -0.4 is 0 Å². The van der Waals surface area contributed by atoms with E-state index in [0.717, 1.165) is 57.8 Å². The lowest BCUT2D eigenvalue weighted by Crippen LogP contribution is -2.23. The summed E-state index contributed by atoms with van der Waals surface area (Å²) in [6, 6.07) is 4.07. The number of carbonyl (C=O) groups is 1. The molecule has 38 heavy (non-hydrogen) atoms. The fourth-order valence-corrected chi connectivity index (χ4v) is 9.07. The van der Waals surface area contributed by atoms with Gasteiger partial charge in [-0.3, -0.25) is 4.79 Å². The van der Waals surface area contributed by atoms with Gasteiger partial charge in [0.15, 0.2) is 5.78 Å². The first-order chi connectivity index (χ1) is 18.1. The fourth-order valence-electron chi connectivity index (χ4n) is 5.24. The first-order valence-corrected chi connectivity index (χ1v) is 16.9. The Labute approximate surface area is 252 Å². The molecule has 10 heteroatoms. The van der Waals surface area contributed by atoms with E-state index in [1.807, 2.05) is 19.9 Å². The molecule has 0 radical (unpaired) electrons. The van der Waals surface area contributed by atoms with Gasteiger partial charge in [0, 0.05) is 16.2 Å². The predicted octanol–water partition coefficient (Wildman–Crippen LogP) is 9.68. The first-order valence-electron chi connectivity index (χ1n) is 12.9. The van der Waals surface area contributed by atoms with Gasteiger partial charge in [0.05, 0.1) is 35.3 Å². The molecule has 2 unspecified atom stereocenters. The summed E-state index contributed by atoms with van der Waals surface area (Å²) < 4.78 is 12.3. The third-order valence-electron chi connectivity index (χ3n) is 7.36. The highest BCUT2D eigenvalue weighted by molar-refractivity contribution is 9.11. The van der Waals surface area contributed by atoms with Crippen molar-refractivity contribution < 1.29 is 9.55 Å². The third-order valence-corrected chi connectivity index (χ3v) is 12.2. The Bertz CT molecular complexity index is 1460. The molecule has 3 aromatic rings. The average Bonchev–Trinajstić information content (AvgIpc) is 3.59. The zero-order valence-electron chi connectivity index (χ0n) is 22.1. The van der Waals surface area contributed by atoms with E-state index in [9.17, 15) is 9.70 Å². The van der Waals surface area contributed by atoms with Gasteiger partial charge in [-0.15, -0.1) is 22.7 Å². The molecule has 0 spiro atoms. The van der Waals surface area contributed by atoms with E-state index < -0.39 is 5.92 Å². The van der Waals surface area contributed by atoms with Crippen molar-refractivity contribution in [1.82, 2.24) is 8.75 Å². The summed E-state index contributed by atoms with van der Waals surface area (Å²) >= 11 is 11.4. The monoisotopic (exact) mass is 694 g/mol. The van der Waals surface area contributed by atoms with E-state index in [-0.39, 0.29) is 5.78 Å². The number of nitrogens with zero attached hydrogens (tertiary/aromatic N) is 3. The Kier molecular flexibility index (Phi) is 8.37. The summed E-state index contributed by atoms with van der Waals surface area (Å²) in [7, 11) is 0.